The van der Waals surface area contributed by atoms with Crippen molar-refractivity contribution in [1.29, 1.82) is 0 Å². The highest BCUT2D eigenvalue weighted by atomic mass is 31.2. The molecule has 2 unspecified atom stereocenters. The van der Waals surface area contributed by atoms with Crippen LogP contribution in [0.3, 0.4) is 0 Å². The summed E-state index contributed by atoms with van der Waals surface area (Å²) in [5.41, 5.74) is 0. The van der Waals surface area contributed by atoms with E-state index in [9.17, 15) is 19.0 Å². The maximum absolute atomic E-state index is 12.9. The van der Waals surface area contributed by atoms with Gasteiger partial charge in [0.2, 0.25) is 0 Å². The van der Waals surface area contributed by atoms with Crippen molar-refractivity contribution in [3.8, 4) is 0 Å². The second kappa shape index (κ2) is 68.8. The number of ether oxygens (including phenoxy) is 2. The second-order valence-electron chi connectivity index (χ2n) is 26.7. The van der Waals surface area contributed by atoms with Gasteiger partial charge in [0.1, 0.15) is 19.8 Å². The summed E-state index contributed by atoms with van der Waals surface area (Å²) < 4.78 is 34.8. The molecule has 0 aromatic rings. The number of unbranched alkanes of at least 4 members (excludes halogenated alkanes) is 44. The van der Waals surface area contributed by atoms with Crippen molar-refractivity contribution >= 4 is 19.8 Å². The molecule has 10 heteroatoms. The SMILES string of the molecule is CC/C=C\C/C=C\C/C=C\C/C=C\C/C=C\CCCCCCCCCCCCCC(=O)OC(COC(=O)CCCCCCCCCCCCCCCCCCCCCCCCCCC/C=C\CCCCCCCCCC)COP(=O)(O)OCC[N+](C)(C)C. The third-order valence-electron chi connectivity index (χ3n) is 16.7. The zero-order valence-corrected chi connectivity index (χ0v) is 59.6. The minimum atomic E-state index is -4.40. The molecule has 88 heavy (non-hydrogen) atoms. The third kappa shape index (κ3) is 72.5. The van der Waals surface area contributed by atoms with E-state index in [1.54, 1.807) is 0 Å². The highest BCUT2D eigenvalue weighted by Crippen LogP contribution is 2.43. The van der Waals surface area contributed by atoms with Gasteiger partial charge in [0.15, 0.2) is 6.10 Å². The van der Waals surface area contributed by atoms with Crippen LogP contribution in [0.25, 0.3) is 0 Å². The number of esters is 2. The molecule has 0 rings (SSSR count). The summed E-state index contributed by atoms with van der Waals surface area (Å²) in [4.78, 5) is 35.9. The van der Waals surface area contributed by atoms with Crippen molar-refractivity contribution < 1.29 is 42.1 Å². The molecule has 514 valence electrons. The van der Waals surface area contributed by atoms with Crippen molar-refractivity contribution in [1.82, 2.24) is 0 Å². The lowest BCUT2D eigenvalue weighted by Crippen LogP contribution is -2.37. The van der Waals surface area contributed by atoms with E-state index in [0.717, 1.165) is 70.6 Å². The van der Waals surface area contributed by atoms with Gasteiger partial charge in [-0.15, -0.1) is 0 Å². The third-order valence-corrected chi connectivity index (χ3v) is 17.7. The zero-order chi connectivity index (χ0) is 64.1. The Morgan fingerprint density at radius 3 is 0.977 bits per heavy atom. The number of phosphoric ester groups is 1. The Kier molecular flexibility index (Phi) is 66.8. The van der Waals surface area contributed by atoms with Gasteiger partial charge < -0.3 is 18.9 Å². The van der Waals surface area contributed by atoms with E-state index in [1.165, 1.54) is 257 Å². The van der Waals surface area contributed by atoms with Gasteiger partial charge >= 0.3 is 19.8 Å². The lowest BCUT2D eigenvalue weighted by molar-refractivity contribution is -0.870. The molecule has 0 heterocycles. The second-order valence-corrected chi connectivity index (χ2v) is 28.1. The predicted octanol–water partition coefficient (Wildman–Crippen LogP) is 24.7. The van der Waals surface area contributed by atoms with Gasteiger partial charge in [-0.05, 0) is 83.5 Å². The van der Waals surface area contributed by atoms with Gasteiger partial charge in [-0.2, -0.15) is 0 Å². The minimum absolute atomic E-state index is 0.0305. The van der Waals surface area contributed by atoms with E-state index >= 15 is 0 Å². The number of quaternary nitrogens is 1. The number of phosphoric acid groups is 1. The maximum atomic E-state index is 12.9. The number of hydrogen-bond acceptors (Lipinski definition) is 7. The van der Waals surface area contributed by atoms with Crippen LogP contribution in [0, 0.1) is 0 Å². The molecule has 0 aliphatic heterocycles. The number of hydrogen-bond donors (Lipinski definition) is 1. The number of likely N-dealkylation sites (N-methyl/N-ethyl adjacent to an activating group) is 1. The maximum Gasteiger partial charge on any atom is 0.472 e. The fourth-order valence-electron chi connectivity index (χ4n) is 11.0. The standard InChI is InChI=1S/C78H144NO8P/c1-6-8-10-12-14-16-18-20-22-24-26-28-30-32-34-35-36-37-38-39-40-41-42-43-45-46-48-50-52-54-56-58-60-62-64-66-68-70-77(80)84-74-76(75-86-88(82,83)85-73-72-79(3,4)5)87-78(81)71-69-67-65-63-61-59-57-55-53-51-49-47-44-33-31-29-27-25-23-21-19-17-15-13-11-9-7-2/h9,11,15,17,21,23-24,26-27,29,33,44,76H,6-8,10,12-14,16,18-20,22,25,28,30-32,34-43,45-75H2,1-5H3/p+1/b11-9-,17-15-,23-21-,26-24-,29-27-,44-33-. The molecule has 0 aromatic heterocycles. The quantitative estimate of drug-likeness (QED) is 0.0211. The van der Waals surface area contributed by atoms with E-state index in [2.05, 4.69) is 86.8 Å². The van der Waals surface area contributed by atoms with Crippen LogP contribution in [0.4, 0.5) is 0 Å². The van der Waals surface area contributed by atoms with Crippen LogP contribution in [0.2, 0.25) is 0 Å². The molecule has 1 N–H and O–H groups in total. The summed E-state index contributed by atoms with van der Waals surface area (Å²) in [6.45, 7) is 4.37. The van der Waals surface area contributed by atoms with Crippen molar-refractivity contribution in [2.45, 2.75) is 367 Å². The Morgan fingerprint density at radius 1 is 0.364 bits per heavy atom. The Bertz CT molecular complexity index is 1710. The highest BCUT2D eigenvalue weighted by Gasteiger charge is 2.27. The molecule has 0 amide bonds. The van der Waals surface area contributed by atoms with Gasteiger partial charge in [-0.25, -0.2) is 4.57 Å². The van der Waals surface area contributed by atoms with E-state index in [-0.39, 0.29) is 25.6 Å². The Balaban J connectivity index is 3.95. The van der Waals surface area contributed by atoms with Gasteiger partial charge in [-0.1, -0.05) is 337 Å². The van der Waals surface area contributed by atoms with Gasteiger partial charge in [0.25, 0.3) is 0 Å². The molecule has 9 nitrogen and oxygen atoms in total. The van der Waals surface area contributed by atoms with Crippen LogP contribution in [-0.2, 0) is 32.7 Å². The lowest BCUT2D eigenvalue weighted by Gasteiger charge is -2.24. The first-order chi connectivity index (χ1) is 43.0. The monoisotopic (exact) mass is 1260 g/mol. The zero-order valence-electron chi connectivity index (χ0n) is 58.7. The molecule has 0 aromatic carbocycles. The molecule has 0 saturated carbocycles. The smallest absolute Gasteiger partial charge is 0.462 e. The first-order valence-electron chi connectivity index (χ1n) is 37.7. The van der Waals surface area contributed by atoms with E-state index in [4.69, 9.17) is 18.5 Å². The normalized spacial score (nSPS) is 13.5. The summed E-state index contributed by atoms with van der Waals surface area (Å²) in [5.74, 6) is -0.787. The van der Waals surface area contributed by atoms with Crippen LogP contribution < -0.4 is 0 Å². The van der Waals surface area contributed by atoms with Crippen molar-refractivity contribution in [3.63, 3.8) is 0 Å². The summed E-state index contributed by atoms with van der Waals surface area (Å²) in [6.07, 6.45) is 93.2. The Morgan fingerprint density at radius 2 is 0.648 bits per heavy atom. The van der Waals surface area contributed by atoms with Crippen LogP contribution in [0.5, 0.6) is 0 Å². The fourth-order valence-corrected chi connectivity index (χ4v) is 11.7. The molecular formula is C78H145NO8P+. The summed E-state index contributed by atoms with van der Waals surface area (Å²) in [5, 5.41) is 0. The molecule has 2 atom stereocenters. The number of allylic oxidation sites excluding steroid dienone is 12. The Labute approximate surface area is 546 Å². The van der Waals surface area contributed by atoms with E-state index < -0.39 is 26.5 Å². The van der Waals surface area contributed by atoms with Crippen LogP contribution in [-0.4, -0.2) is 74.9 Å². The summed E-state index contributed by atoms with van der Waals surface area (Å²) in [7, 11) is 1.48. The largest absolute Gasteiger partial charge is 0.472 e. The number of carbonyl (C=O) groups is 2. The van der Waals surface area contributed by atoms with E-state index in [1.807, 2.05) is 21.1 Å². The lowest BCUT2D eigenvalue weighted by atomic mass is 10.0. The van der Waals surface area contributed by atoms with Crippen LogP contribution in [0.1, 0.15) is 361 Å². The number of rotatable bonds is 70. The van der Waals surface area contributed by atoms with Gasteiger partial charge in [-0.3, -0.25) is 18.6 Å². The van der Waals surface area contributed by atoms with Gasteiger partial charge in [0, 0.05) is 12.8 Å². The predicted molar refractivity (Wildman–Crippen MR) is 381 cm³/mol. The van der Waals surface area contributed by atoms with Crippen molar-refractivity contribution in [3.05, 3.63) is 72.9 Å². The molecular weight excluding hydrogens is 1110 g/mol. The summed E-state index contributed by atoms with van der Waals surface area (Å²) >= 11 is 0. The molecule has 0 fully saturated rings. The molecule has 0 aliphatic rings. The van der Waals surface area contributed by atoms with Crippen molar-refractivity contribution in [2.75, 3.05) is 47.5 Å². The molecule has 0 spiro atoms. The number of nitrogens with zero attached hydrogens (tertiary/aromatic N) is 1. The first kappa shape index (κ1) is 85.5. The van der Waals surface area contributed by atoms with E-state index in [0.29, 0.717) is 23.9 Å². The van der Waals surface area contributed by atoms with Crippen LogP contribution >= 0.6 is 7.82 Å². The molecule has 0 radical (unpaired) electrons. The number of carbonyl (C=O) groups excluding carboxylic acids is 2. The first-order valence-corrected chi connectivity index (χ1v) is 39.2. The summed E-state index contributed by atoms with van der Waals surface area (Å²) in [6, 6.07) is 0. The fraction of sp³-hybridized carbons (Fsp3) is 0.821. The minimum Gasteiger partial charge on any atom is -0.462 e. The highest BCUT2D eigenvalue weighted by molar-refractivity contribution is 7.47. The van der Waals surface area contributed by atoms with Crippen molar-refractivity contribution in [2.24, 2.45) is 0 Å². The van der Waals surface area contributed by atoms with Gasteiger partial charge in [0.05, 0.1) is 27.7 Å². The van der Waals surface area contributed by atoms with Crippen LogP contribution in [0.15, 0.2) is 72.9 Å². The topological polar surface area (TPSA) is 108 Å². The molecule has 0 bridgehead atoms. The molecule has 0 saturated heterocycles. The average molecular weight is 1260 g/mol. The molecule has 0 aliphatic carbocycles. The average Bonchev–Trinajstić information content (AvgIpc) is 3.60. The Hall–Kier alpha value is -2.55.